The summed E-state index contributed by atoms with van der Waals surface area (Å²) in [6.07, 6.45) is -4.40. The van der Waals surface area contributed by atoms with Gasteiger partial charge in [0.25, 0.3) is 0 Å². The van der Waals surface area contributed by atoms with Crippen molar-refractivity contribution < 1.29 is 38.4 Å². The molecule has 0 bridgehead atoms. The molecule has 3 N–H and O–H groups in total. The molecule has 0 spiro atoms. The summed E-state index contributed by atoms with van der Waals surface area (Å²) in [5.74, 6) is -5.59. The summed E-state index contributed by atoms with van der Waals surface area (Å²) in [4.78, 5) is 10.9. The highest BCUT2D eigenvalue weighted by atomic mass is 79.9. The number of phenols is 3. The van der Waals surface area contributed by atoms with E-state index >= 15 is 0 Å². The van der Waals surface area contributed by atoms with Gasteiger partial charge in [0, 0.05) is 6.07 Å². The lowest BCUT2D eigenvalue weighted by atomic mass is 10.2. The van der Waals surface area contributed by atoms with Gasteiger partial charge >= 0.3 is 12.1 Å². The van der Waals surface area contributed by atoms with Gasteiger partial charge in [0.05, 0.1) is 6.61 Å². The van der Waals surface area contributed by atoms with Crippen LogP contribution in [0.2, 0.25) is 0 Å². The first-order valence-corrected chi connectivity index (χ1v) is 5.67. The van der Waals surface area contributed by atoms with Crippen molar-refractivity contribution in [1.29, 1.82) is 0 Å². The summed E-state index contributed by atoms with van der Waals surface area (Å²) < 4.78 is 34.2. The second-order valence-corrected chi connectivity index (χ2v) is 4.04. The molecule has 19 heavy (non-hydrogen) atoms. The Morgan fingerprint density at radius 1 is 1.37 bits per heavy atom. The molecule has 0 aromatic heterocycles. The number of alkyl halides is 2. The highest BCUT2D eigenvalue weighted by Crippen LogP contribution is 2.48. The lowest BCUT2D eigenvalue weighted by Crippen LogP contribution is -2.36. The molecule has 0 atom stereocenters. The lowest BCUT2D eigenvalue weighted by molar-refractivity contribution is -0.216. The second kappa shape index (κ2) is 5.47. The van der Waals surface area contributed by atoms with Gasteiger partial charge in [-0.2, -0.15) is 8.78 Å². The number of halogens is 3. The molecule has 6 nitrogen and oxygen atoms in total. The minimum absolute atomic E-state index is 0.297. The van der Waals surface area contributed by atoms with Crippen molar-refractivity contribution in [2.45, 2.75) is 13.0 Å². The zero-order valence-electron chi connectivity index (χ0n) is 9.48. The zero-order valence-corrected chi connectivity index (χ0v) is 11.1. The Morgan fingerprint density at radius 3 is 2.47 bits per heavy atom. The van der Waals surface area contributed by atoms with Crippen LogP contribution in [0.15, 0.2) is 10.5 Å². The van der Waals surface area contributed by atoms with E-state index in [2.05, 4.69) is 25.4 Å². The Kier molecular flexibility index (Phi) is 4.40. The molecule has 0 saturated heterocycles. The average Bonchev–Trinajstić information content (AvgIpc) is 2.32. The normalized spacial score (nSPS) is 11.2. The predicted octanol–water partition coefficient (Wildman–Crippen LogP) is 2.10. The maximum absolute atomic E-state index is 13.3. The Hall–Kier alpha value is -1.77. The molecular formula is C10H9BrF2O6. The Morgan fingerprint density at radius 2 is 1.95 bits per heavy atom. The van der Waals surface area contributed by atoms with Gasteiger partial charge in [0.15, 0.2) is 11.5 Å². The number of hydrogen-bond donors (Lipinski definition) is 3. The van der Waals surface area contributed by atoms with E-state index in [1.54, 1.807) is 0 Å². The van der Waals surface area contributed by atoms with Crippen LogP contribution in [-0.4, -0.2) is 34.0 Å². The molecule has 0 aliphatic carbocycles. The highest BCUT2D eigenvalue weighted by molar-refractivity contribution is 9.10. The van der Waals surface area contributed by atoms with Gasteiger partial charge in [-0.1, -0.05) is 0 Å². The minimum atomic E-state index is -4.40. The van der Waals surface area contributed by atoms with Gasteiger partial charge in [-0.3, -0.25) is 0 Å². The van der Waals surface area contributed by atoms with Gasteiger partial charge in [0.2, 0.25) is 5.75 Å². The molecule has 0 aliphatic rings. The molecule has 0 unspecified atom stereocenters. The molecule has 9 heteroatoms. The number of rotatable bonds is 4. The van der Waals surface area contributed by atoms with Crippen LogP contribution in [0.4, 0.5) is 8.78 Å². The van der Waals surface area contributed by atoms with Gasteiger partial charge in [-0.15, -0.1) is 0 Å². The van der Waals surface area contributed by atoms with E-state index in [1.807, 2.05) is 0 Å². The number of aromatic hydroxyl groups is 3. The number of esters is 1. The zero-order chi connectivity index (χ0) is 14.8. The number of carbonyl (C=O) groups excluding carboxylic acids is 1. The molecule has 106 valence electrons. The van der Waals surface area contributed by atoms with Crippen LogP contribution in [0.1, 0.15) is 6.92 Å². The third kappa shape index (κ3) is 3.16. The fourth-order valence-corrected chi connectivity index (χ4v) is 1.38. The third-order valence-corrected chi connectivity index (χ3v) is 2.68. The number of hydrogen-bond acceptors (Lipinski definition) is 6. The van der Waals surface area contributed by atoms with Crippen molar-refractivity contribution in [1.82, 2.24) is 0 Å². The van der Waals surface area contributed by atoms with Crippen LogP contribution >= 0.6 is 15.9 Å². The van der Waals surface area contributed by atoms with Gasteiger partial charge in [0.1, 0.15) is 10.2 Å². The molecule has 0 amide bonds. The summed E-state index contributed by atoms with van der Waals surface area (Å²) in [6, 6.07) is 0.653. The summed E-state index contributed by atoms with van der Waals surface area (Å²) in [5.41, 5.74) is 0. The number of phenolic OH excluding ortho intramolecular Hbond substituents is 3. The maximum atomic E-state index is 13.3. The molecule has 0 saturated carbocycles. The molecule has 0 radical (unpaired) electrons. The van der Waals surface area contributed by atoms with Gasteiger partial charge < -0.3 is 24.8 Å². The van der Waals surface area contributed by atoms with E-state index in [0.717, 1.165) is 0 Å². The van der Waals surface area contributed by atoms with E-state index in [4.69, 9.17) is 0 Å². The van der Waals surface area contributed by atoms with Crippen molar-refractivity contribution >= 4 is 21.9 Å². The fraction of sp³-hybridized carbons (Fsp3) is 0.300. The SMILES string of the molecule is CCOC(=O)C(F)(F)Oc1c(O)cc(O)c(Br)c1O. The molecule has 0 fully saturated rings. The first-order valence-electron chi connectivity index (χ1n) is 4.88. The third-order valence-electron chi connectivity index (χ3n) is 1.90. The van der Waals surface area contributed by atoms with Crippen LogP contribution in [-0.2, 0) is 9.53 Å². The second-order valence-electron chi connectivity index (χ2n) is 3.25. The van der Waals surface area contributed by atoms with Crippen molar-refractivity contribution in [3.8, 4) is 23.0 Å². The molecular weight excluding hydrogens is 334 g/mol. The Balaban J connectivity index is 3.13. The topological polar surface area (TPSA) is 96.2 Å². The van der Waals surface area contributed by atoms with E-state index in [1.165, 1.54) is 6.92 Å². The Labute approximate surface area is 114 Å². The molecule has 0 heterocycles. The van der Waals surface area contributed by atoms with E-state index in [-0.39, 0.29) is 11.1 Å². The standard InChI is InChI=1S/C10H9BrF2O6/c1-2-18-9(17)10(12,13)19-8-5(15)3-4(14)6(11)7(8)16/h3,14-16H,2H2,1H3. The van der Waals surface area contributed by atoms with E-state index < -0.39 is 35.1 Å². The monoisotopic (exact) mass is 342 g/mol. The van der Waals surface area contributed by atoms with Crippen LogP contribution in [0.25, 0.3) is 0 Å². The first kappa shape index (κ1) is 15.3. The number of ether oxygens (including phenoxy) is 2. The van der Waals surface area contributed by atoms with Gasteiger partial charge in [-0.25, -0.2) is 4.79 Å². The first-order chi connectivity index (χ1) is 8.70. The maximum Gasteiger partial charge on any atom is 0.502 e. The van der Waals surface area contributed by atoms with Crippen molar-refractivity contribution in [2.24, 2.45) is 0 Å². The summed E-state index contributed by atoms with van der Waals surface area (Å²) >= 11 is 2.69. The Bertz CT molecular complexity index is 505. The van der Waals surface area contributed by atoms with Crippen LogP contribution in [0.5, 0.6) is 23.0 Å². The summed E-state index contributed by atoms with van der Waals surface area (Å²) in [6.45, 7) is 1.02. The average molecular weight is 343 g/mol. The highest BCUT2D eigenvalue weighted by Gasteiger charge is 2.45. The van der Waals surface area contributed by atoms with Crippen LogP contribution in [0.3, 0.4) is 0 Å². The predicted molar refractivity (Wildman–Crippen MR) is 61.3 cm³/mol. The minimum Gasteiger partial charge on any atom is -0.506 e. The van der Waals surface area contributed by atoms with Crippen molar-refractivity contribution in [3.63, 3.8) is 0 Å². The fourth-order valence-electron chi connectivity index (χ4n) is 1.09. The number of benzene rings is 1. The van der Waals surface area contributed by atoms with Gasteiger partial charge in [-0.05, 0) is 22.9 Å². The molecule has 1 aromatic carbocycles. The van der Waals surface area contributed by atoms with Crippen molar-refractivity contribution in [3.05, 3.63) is 10.5 Å². The lowest BCUT2D eigenvalue weighted by Gasteiger charge is -2.18. The van der Waals surface area contributed by atoms with Crippen molar-refractivity contribution in [2.75, 3.05) is 6.61 Å². The van der Waals surface area contributed by atoms with Crippen LogP contribution in [0, 0.1) is 0 Å². The summed E-state index contributed by atoms with van der Waals surface area (Å²) in [7, 11) is 0. The van der Waals surface area contributed by atoms with E-state index in [0.29, 0.717) is 6.07 Å². The molecule has 1 aromatic rings. The molecule has 0 aliphatic heterocycles. The quantitative estimate of drug-likeness (QED) is 0.725. The molecule has 1 rings (SSSR count). The summed E-state index contributed by atoms with van der Waals surface area (Å²) in [5, 5.41) is 28.0. The number of carbonyl (C=O) groups is 1. The van der Waals surface area contributed by atoms with E-state index in [9.17, 15) is 28.9 Å². The van der Waals surface area contributed by atoms with Crippen LogP contribution < -0.4 is 4.74 Å². The smallest absolute Gasteiger partial charge is 0.502 e. The largest absolute Gasteiger partial charge is 0.506 e.